The predicted octanol–water partition coefficient (Wildman–Crippen LogP) is 2.06. The van der Waals surface area contributed by atoms with Gasteiger partial charge in [0.25, 0.3) is 0 Å². The molecule has 3 rings (SSSR count). The summed E-state index contributed by atoms with van der Waals surface area (Å²) in [5.74, 6) is 1.20. The van der Waals surface area contributed by atoms with Crippen LogP contribution in [0.5, 0.6) is 0 Å². The van der Waals surface area contributed by atoms with Gasteiger partial charge < -0.3 is 5.11 Å². The first kappa shape index (κ1) is 15.0. The summed E-state index contributed by atoms with van der Waals surface area (Å²) in [7, 11) is 0. The Bertz CT molecular complexity index is 461. The Morgan fingerprint density at radius 2 is 2.19 bits per heavy atom. The molecule has 21 heavy (non-hydrogen) atoms. The molecule has 1 aromatic heterocycles. The first-order valence-electron chi connectivity index (χ1n) is 8.48. The first-order valence-corrected chi connectivity index (χ1v) is 8.48. The molecule has 2 fully saturated rings. The number of aliphatic hydroxyl groups excluding tert-OH is 1. The van der Waals surface area contributed by atoms with Gasteiger partial charge in [-0.2, -0.15) is 0 Å². The number of aliphatic hydroxyl groups is 1. The lowest BCUT2D eigenvalue weighted by Gasteiger charge is -2.39. The SMILES string of the molecule is CCn1nncc1CN1CCCC1C1CC(C)CCC1O. The van der Waals surface area contributed by atoms with Crippen LogP contribution in [-0.2, 0) is 13.1 Å². The Morgan fingerprint density at radius 1 is 1.33 bits per heavy atom. The summed E-state index contributed by atoms with van der Waals surface area (Å²) in [4.78, 5) is 2.55. The highest BCUT2D eigenvalue weighted by molar-refractivity contribution is 4.98. The third-order valence-electron chi connectivity index (χ3n) is 5.39. The summed E-state index contributed by atoms with van der Waals surface area (Å²) >= 11 is 0. The van der Waals surface area contributed by atoms with Crippen LogP contribution in [0.4, 0.5) is 0 Å². The van der Waals surface area contributed by atoms with E-state index in [1.54, 1.807) is 0 Å². The Kier molecular flexibility index (Phi) is 4.60. The Labute approximate surface area is 127 Å². The molecule has 2 heterocycles. The fourth-order valence-electron chi connectivity index (χ4n) is 4.23. The average Bonchev–Trinajstić information content (AvgIpc) is 3.11. The van der Waals surface area contributed by atoms with E-state index in [2.05, 4.69) is 29.1 Å². The molecule has 118 valence electrons. The monoisotopic (exact) mass is 292 g/mol. The standard InChI is InChI=1S/C16H28N4O/c1-3-20-13(10-17-18-20)11-19-8-4-5-15(19)14-9-12(2)6-7-16(14)21/h10,12,14-16,21H,3-9,11H2,1-2H3. The van der Waals surface area contributed by atoms with E-state index < -0.39 is 0 Å². The Morgan fingerprint density at radius 3 is 3.00 bits per heavy atom. The molecule has 5 heteroatoms. The van der Waals surface area contributed by atoms with Gasteiger partial charge in [0.1, 0.15) is 0 Å². The van der Waals surface area contributed by atoms with E-state index in [1.807, 2.05) is 10.9 Å². The summed E-state index contributed by atoms with van der Waals surface area (Å²) < 4.78 is 1.98. The average molecular weight is 292 g/mol. The number of nitrogens with zero attached hydrogens (tertiary/aromatic N) is 4. The fraction of sp³-hybridized carbons (Fsp3) is 0.875. The van der Waals surface area contributed by atoms with Gasteiger partial charge in [0, 0.05) is 25.0 Å². The van der Waals surface area contributed by atoms with Crippen molar-refractivity contribution >= 4 is 0 Å². The highest BCUT2D eigenvalue weighted by atomic mass is 16.3. The number of likely N-dealkylation sites (tertiary alicyclic amines) is 1. The van der Waals surface area contributed by atoms with Gasteiger partial charge in [-0.05, 0) is 51.5 Å². The van der Waals surface area contributed by atoms with E-state index in [0.717, 1.165) is 32.0 Å². The van der Waals surface area contributed by atoms with Crippen molar-refractivity contribution in [3.8, 4) is 0 Å². The zero-order chi connectivity index (χ0) is 14.8. The van der Waals surface area contributed by atoms with E-state index in [-0.39, 0.29) is 6.10 Å². The van der Waals surface area contributed by atoms with Gasteiger partial charge in [-0.15, -0.1) is 5.10 Å². The fourth-order valence-corrected chi connectivity index (χ4v) is 4.23. The quantitative estimate of drug-likeness (QED) is 0.923. The second kappa shape index (κ2) is 6.44. The molecule has 0 spiro atoms. The van der Waals surface area contributed by atoms with Crippen molar-refractivity contribution in [3.63, 3.8) is 0 Å². The molecule has 0 aromatic carbocycles. The maximum atomic E-state index is 10.4. The molecule has 4 atom stereocenters. The zero-order valence-corrected chi connectivity index (χ0v) is 13.3. The Balaban J connectivity index is 1.70. The molecule has 5 nitrogen and oxygen atoms in total. The van der Waals surface area contributed by atoms with E-state index in [1.165, 1.54) is 31.4 Å². The maximum Gasteiger partial charge on any atom is 0.0738 e. The van der Waals surface area contributed by atoms with Gasteiger partial charge in [0.2, 0.25) is 0 Å². The van der Waals surface area contributed by atoms with Crippen molar-refractivity contribution < 1.29 is 5.11 Å². The molecule has 1 aliphatic carbocycles. The molecule has 0 bridgehead atoms. The van der Waals surface area contributed by atoms with Crippen molar-refractivity contribution in [3.05, 3.63) is 11.9 Å². The molecule has 1 saturated carbocycles. The van der Waals surface area contributed by atoms with Crippen LogP contribution in [0.25, 0.3) is 0 Å². The predicted molar refractivity (Wildman–Crippen MR) is 81.6 cm³/mol. The lowest BCUT2D eigenvalue weighted by molar-refractivity contribution is 0.00503. The van der Waals surface area contributed by atoms with Crippen LogP contribution < -0.4 is 0 Å². The molecule has 0 amide bonds. The third kappa shape index (κ3) is 3.14. The third-order valence-corrected chi connectivity index (χ3v) is 5.39. The van der Waals surface area contributed by atoms with Gasteiger partial charge in [-0.1, -0.05) is 12.1 Å². The van der Waals surface area contributed by atoms with Crippen LogP contribution in [0.2, 0.25) is 0 Å². The van der Waals surface area contributed by atoms with Crippen LogP contribution in [-0.4, -0.2) is 43.7 Å². The van der Waals surface area contributed by atoms with E-state index in [0.29, 0.717) is 12.0 Å². The molecule has 0 radical (unpaired) electrons. The largest absolute Gasteiger partial charge is 0.393 e. The summed E-state index contributed by atoms with van der Waals surface area (Å²) in [5, 5.41) is 18.6. The lowest BCUT2D eigenvalue weighted by Crippen LogP contribution is -2.43. The zero-order valence-electron chi connectivity index (χ0n) is 13.3. The molecule has 4 unspecified atom stereocenters. The highest BCUT2D eigenvalue weighted by Gasteiger charge is 2.38. The topological polar surface area (TPSA) is 54.2 Å². The molecule has 1 N–H and O–H groups in total. The second-order valence-corrected chi connectivity index (χ2v) is 6.87. The van der Waals surface area contributed by atoms with Crippen LogP contribution in [0, 0.1) is 11.8 Å². The van der Waals surface area contributed by atoms with Crippen LogP contribution in [0.1, 0.15) is 51.6 Å². The van der Waals surface area contributed by atoms with Crippen molar-refractivity contribution in [2.45, 2.75) is 71.2 Å². The Hall–Kier alpha value is -0.940. The van der Waals surface area contributed by atoms with Crippen LogP contribution in [0.3, 0.4) is 0 Å². The van der Waals surface area contributed by atoms with E-state index in [9.17, 15) is 5.11 Å². The minimum absolute atomic E-state index is 0.110. The second-order valence-electron chi connectivity index (χ2n) is 6.87. The van der Waals surface area contributed by atoms with Crippen molar-refractivity contribution in [1.29, 1.82) is 0 Å². The van der Waals surface area contributed by atoms with Crippen LogP contribution >= 0.6 is 0 Å². The lowest BCUT2D eigenvalue weighted by atomic mass is 9.76. The molecular formula is C16H28N4O. The number of rotatable bonds is 4. The molecule has 1 aliphatic heterocycles. The van der Waals surface area contributed by atoms with Gasteiger partial charge in [0.05, 0.1) is 18.0 Å². The van der Waals surface area contributed by atoms with Gasteiger partial charge in [0.15, 0.2) is 0 Å². The van der Waals surface area contributed by atoms with E-state index >= 15 is 0 Å². The molecular weight excluding hydrogens is 264 g/mol. The maximum absolute atomic E-state index is 10.4. The number of hydrogen-bond donors (Lipinski definition) is 1. The van der Waals surface area contributed by atoms with Gasteiger partial charge in [-0.25, -0.2) is 4.68 Å². The molecule has 2 aliphatic rings. The van der Waals surface area contributed by atoms with Crippen LogP contribution in [0.15, 0.2) is 6.20 Å². The minimum Gasteiger partial charge on any atom is -0.393 e. The van der Waals surface area contributed by atoms with Crippen molar-refractivity contribution in [2.24, 2.45) is 11.8 Å². The van der Waals surface area contributed by atoms with E-state index in [4.69, 9.17) is 0 Å². The molecule has 1 aromatic rings. The van der Waals surface area contributed by atoms with Gasteiger partial charge in [-0.3, -0.25) is 4.90 Å². The summed E-state index contributed by atoms with van der Waals surface area (Å²) in [5.41, 5.74) is 1.20. The number of hydrogen-bond acceptors (Lipinski definition) is 4. The number of aromatic nitrogens is 3. The molecule has 1 saturated heterocycles. The normalized spacial score (nSPS) is 34.4. The highest BCUT2D eigenvalue weighted by Crippen LogP contribution is 2.37. The number of aryl methyl sites for hydroxylation is 1. The first-order chi connectivity index (χ1) is 10.2. The smallest absolute Gasteiger partial charge is 0.0738 e. The summed E-state index contributed by atoms with van der Waals surface area (Å²) in [6, 6.07) is 0.531. The summed E-state index contributed by atoms with van der Waals surface area (Å²) in [6.45, 7) is 7.36. The van der Waals surface area contributed by atoms with Crippen molar-refractivity contribution in [1.82, 2.24) is 19.9 Å². The van der Waals surface area contributed by atoms with Gasteiger partial charge >= 0.3 is 0 Å². The minimum atomic E-state index is -0.110. The van der Waals surface area contributed by atoms with Crippen molar-refractivity contribution in [2.75, 3.05) is 6.54 Å². The summed E-state index contributed by atoms with van der Waals surface area (Å²) in [6.07, 6.45) is 7.58.